The van der Waals surface area contributed by atoms with Gasteiger partial charge in [-0.3, -0.25) is 0 Å². The predicted octanol–water partition coefficient (Wildman–Crippen LogP) is 4.46. The van der Waals surface area contributed by atoms with Crippen molar-refractivity contribution >= 4 is 5.69 Å². The Labute approximate surface area is 99.6 Å². The van der Waals surface area contributed by atoms with Gasteiger partial charge in [-0.25, -0.2) is 0 Å². The number of benzene rings is 1. The molecule has 1 aromatic carbocycles. The van der Waals surface area contributed by atoms with Crippen LogP contribution in [0.5, 0.6) is 0 Å². The van der Waals surface area contributed by atoms with Crippen molar-refractivity contribution in [2.24, 2.45) is 0 Å². The van der Waals surface area contributed by atoms with Crippen LogP contribution in [0.15, 0.2) is 30.9 Å². The zero-order valence-electron chi connectivity index (χ0n) is 10.6. The zero-order valence-corrected chi connectivity index (χ0v) is 10.6. The summed E-state index contributed by atoms with van der Waals surface area (Å²) >= 11 is 0. The Bertz CT molecular complexity index is 328. The molecule has 1 N–H and O–H groups in total. The number of unbranched alkanes of at least 4 members (excludes halogenated alkanes) is 3. The van der Waals surface area contributed by atoms with Crippen molar-refractivity contribution in [2.75, 3.05) is 11.9 Å². The topological polar surface area (TPSA) is 12.0 Å². The highest BCUT2D eigenvalue weighted by molar-refractivity contribution is 5.47. The molecule has 1 nitrogen and oxygen atoms in total. The van der Waals surface area contributed by atoms with E-state index >= 15 is 0 Å². The van der Waals surface area contributed by atoms with E-state index in [2.05, 4.69) is 43.9 Å². The highest BCUT2D eigenvalue weighted by Crippen LogP contribution is 2.14. The second kappa shape index (κ2) is 7.10. The molecule has 0 saturated carbocycles. The third-order valence-corrected chi connectivity index (χ3v) is 2.92. The lowest BCUT2D eigenvalue weighted by Crippen LogP contribution is -2.01. The second-order valence-corrected chi connectivity index (χ2v) is 4.36. The minimum Gasteiger partial charge on any atom is -0.385 e. The Morgan fingerprint density at radius 1 is 1.12 bits per heavy atom. The number of aryl methyl sites for hydroxylation is 2. The molecule has 0 aliphatic carbocycles. The van der Waals surface area contributed by atoms with E-state index in [1.54, 1.807) is 0 Å². The molecule has 16 heavy (non-hydrogen) atoms. The molecule has 0 heterocycles. The average molecular weight is 217 g/mol. The summed E-state index contributed by atoms with van der Waals surface area (Å²) < 4.78 is 0. The summed E-state index contributed by atoms with van der Waals surface area (Å²) in [5.74, 6) is 0. The van der Waals surface area contributed by atoms with Gasteiger partial charge >= 0.3 is 0 Å². The molecule has 0 saturated heterocycles. The molecule has 0 atom stereocenters. The van der Waals surface area contributed by atoms with Crippen LogP contribution in [0.25, 0.3) is 0 Å². The van der Waals surface area contributed by atoms with Gasteiger partial charge in [0.2, 0.25) is 0 Å². The maximum absolute atomic E-state index is 3.73. The van der Waals surface area contributed by atoms with Gasteiger partial charge in [0.25, 0.3) is 0 Å². The molecular weight excluding hydrogens is 194 g/mol. The molecule has 0 aliphatic heterocycles. The summed E-state index contributed by atoms with van der Waals surface area (Å²) in [6.45, 7) is 9.10. The minimum atomic E-state index is 1.07. The molecule has 88 valence electrons. The second-order valence-electron chi connectivity index (χ2n) is 4.36. The first-order valence-electron chi connectivity index (χ1n) is 6.16. The van der Waals surface area contributed by atoms with E-state index in [4.69, 9.17) is 0 Å². The monoisotopic (exact) mass is 217 g/mol. The van der Waals surface area contributed by atoms with Crippen molar-refractivity contribution in [3.63, 3.8) is 0 Å². The van der Waals surface area contributed by atoms with Crippen molar-refractivity contribution in [3.05, 3.63) is 42.0 Å². The maximum atomic E-state index is 3.73. The summed E-state index contributed by atoms with van der Waals surface area (Å²) in [6, 6.07) is 6.56. The van der Waals surface area contributed by atoms with Crippen LogP contribution in [0.4, 0.5) is 5.69 Å². The largest absolute Gasteiger partial charge is 0.385 e. The lowest BCUT2D eigenvalue weighted by atomic mass is 10.1. The zero-order chi connectivity index (χ0) is 11.8. The summed E-state index contributed by atoms with van der Waals surface area (Å²) in [5, 5.41) is 3.46. The van der Waals surface area contributed by atoms with E-state index in [0.29, 0.717) is 0 Å². The third kappa shape index (κ3) is 4.52. The fraction of sp³-hybridized carbons (Fsp3) is 0.467. The van der Waals surface area contributed by atoms with E-state index in [-0.39, 0.29) is 0 Å². The number of nitrogens with one attached hydrogen (secondary N) is 1. The van der Waals surface area contributed by atoms with Crippen molar-refractivity contribution < 1.29 is 0 Å². The van der Waals surface area contributed by atoms with Crippen LogP contribution >= 0.6 is 0 Å². The van der Waals surface area contributed by atoms with E-state index in [0.717, 1.165) is 13.0 Å². The van der Waals surface area contributed by atoms with Gasteiger partial charge in [0.05, 0.1) is 0 Å². The molecule has 0 aromatic heterocycles. The molecule has 1 rings (SSSR count). The van der Waals surface area contributed by atoms with Crippen LogP contribution in [0, 0.1) is 13.8 Å². The number of rotatable bonds is 7. The Hall–Kier alpha value is -1.24. The summed E-state index contributed by atoms with van der Waals surface area (Å²) in [5.41, 5.74) is 3.96. The van der Waals surface area contributed by atoms with Gasteiger partial charge < -0.3 is 5.32 Å². The van der Waals surface area contributed by atoms with Crippen LogP contribution in [0.2, 0.25) is 0 Å². The molecule has 0 unspecified atom stereocenters. The van der Waals surface area contributed by atoms with Gasteiger partial charge in [-0.15, -0.1) is 6.58 Å². The van der Waals surface area contributed by atoms with Crippen molar-refractivity contribution in [1.82, 2.24) is 0 Å². The van der Waals surface area contributed by atoms with Crippen LogP contribution in [-0.2, 0) is 0 Å². The van der Waals surface area contributed by atoms with Gasteiger partial charge in [0.1, 0.15) is 0 Å². The molecular formula is C15H23N. The SMILES string of the molecule is C=CCCCCCNc1ccc(C)c(C)c1. The molecule has 0 aliphatic rings. The minimum absolute atomic E-state index is 1.07. The van der Waals surface area contributed by atoms with Gasteiger partial charge in [-0.2, -0.15) is 0 Å². The lowest BCUT2D eigenvalue weighted by Gasteiger charge is -2.08. The molecule has 0 radical (unpaired) electrons. The van der Waals surface area contributed by atoms with E-state index < -0.39 is 0 Å². The fourth-order valence-corrected chi connectivity index (χ4v) is 1.67. The fourth-order valence-electron chi connectivity index (χ4n) is 1.67. The molecule has 1 aromatic rings. The summed E-state index contributed by atoms with van der Waals surface area (Å²) in [4.78, 5) is 0. The molecule has 0 amide bonds. The maximum Gasteiger partial charge on any atom is 0.0342 e. The van der Waals surface area contributed by atoms with Gasteiger partial charge in [0, 0.05) is 12.2 Å². The Morgan fingerprint density at radius 3 is 2.62 bits per heavy atom. The molecule has 0 fully saturated rings. The van der Waals surface area contributed by atoms with E-state index in [1.807, 2.05) is 6.08 Å². The van der Waals surface area contributed by atoms with E-state index in [9.17, 15) is 0 Å². The van der Waals surface area contributed by atoms with Crippen molar-refractivity contribution in [2.45, 2.75) is 39.5 Å². The van der Waals surface area contributed by atoms with Crippen LogP contribution < -0.4 is 5.32 Å². The number of hydrogen-bond acceptors (Lipinski definition) is 1. The predicted molar refractivity (Wildman–Crippen MR) is 73.1 cm³/mol. The molecule has 1 heteroatoms. The smallest absolute Gasteiger partial charge is 0.0342 e. The number of allylic oxidation sites excluding steroid dienone is 1. The third-order valence-electron chi connectivity index (χ3n) is 2.92. The first kappa shape index (κ1) is 12.8. The Morgan fingerprint density at radius 2 is 1.94 bits per heavy atom. The normalized spacial score (nSPS) is 10.1. The van der Waals surface area contributed by atoms with Crippen molar-refractivity contribution in [1.29, 1.82) is 0 Å². The first-order chi connectivity index (χ1) is 7.74. The number of hydrogen-bond donors (Lipinski definition) is 1. The van der Waals surface area contributed by atoms with E-state index in [1.165, 1.54) is 36.1 Å². The van der Waals surface area contributed by atoms with Crippen LogP contribution in [-0.4, -0.2) is 6.54 Å². The van der Waals surface area contributed by atoms with Gasteiger partial charge in [-0.1, -0.05) is 18.6 Å². The standard InChI is InChI=1S/C15H23N/c1-4-5-6-7-8-11-16-15-10-9-13(2)14(3)12-15/h4,9-10,12,16H,1,5-8,11H2,2-3H3. The summed E-state index contributed by atoms with van der Waals surface area (Å²) in [7, 11) is 0. The molecule has 0 spiro atoms. The Kier molecular flexibility index (Phi) is 5.69. The number of anilines is 1. The van der Waals surface area contributed by atoms with Crippen molar-refractivity contribution in [3.8, 4) is 0 Å². The lowest BCUT2D eigenvalue weighted by molar-refractivity contribution is 0.709. The quantitative estimate of drug-likeness (QED) is 0.525. The van der Waals surface area contributed by atoms with Crippen LogP contribution in [0.1, 0.15) is 36.8 Å². The van der Waals surface area contributed by atoms with Gasteiger partial charge in [0.15, 0.2) is 0 Å². The highest BCUT2D eigenvalue weighted by atomic mass is 14.9. The van der Waals surface area contributed by atoms with Crippen LogP contribution in [0.3, 0.4) is 0 Å². The molecule has 0 bridgehead atoms. The Balaban J connectivity index is 2.21. The average Bonchev–Trinajstić information content (AvgIpc) is 2.28. The highest BCUT2D eigenvalue weighted by Gasteiger charge is 1.95. The van der Waals surface area contributed by atoms with Gasteiger partial charge in [-0.05, 0) is 56.4 Å². The summed E-state index contributed by atoms with van der Waals surface area (Å²) in [6.07, 6.45) is 6.92. The first-order valence-corrected chi connectivity index (χ1v) is 6.16.